The molecule has 142 valence electrons. The van der Waals surface area contributed by atoms with Crippen LogP contribution in [0.15, 0.2) is 47.3 Å². The lowest BCUT2D eigenvalue weighted by atomic mass is 9.89. The largest absolute Gasteiger partial charge is 0.355 e. The van der Waals surface area contributed by atoms with Gasteiger partial charge in [-0.15, -0.1) is 0 Å². The van der Waals surface area contributed by atoms with Crippen LogP contribution < -0.4 is 5.32 Å². The lowest BCUT2D eigenvalue weighted by molar-refractivity contribution is -0.121. The van der Waals surface area contributed by atoms with Crippen molar-refractivity contribution < 1.29 is 4.79 Å². The first-order valence-corrected chi connectivity index (χ1v) is 10.7. The van der Waals surface area contributed by atoms with Gasteiger partial charge in [0, 0.05) is 49.6 Å². The molecule has 5 heteroatoms. The van der Waals surface area contributed by atoms with E-state index in [-0.39, 0.29) is 11.8 Å². The normalized spacial score (nSPS) is 16.0. The molecule has 4 nitrogen and oxygen atoms in total. The van der Waals surface area contributed by atoms with Crippen molar-refractivity contribution in [3.63, 3.8) is 0 Å². The quantitative estimate of drug-likeness (QED) is 0.672. The summed E-state index contributed by atoms with van der Waals surface area (Å²) in [6.45, 7) is 4.04. The van der Waals surface area contributed by atoms with Crippen LogP contribution >= 0.6 is 11.3 Å². The molecule has 0 aliphatic carbocycles. The summed E-state index contributed by atoms with van der Waals surface area (Å²) >= 11 is 1.69. The van der Waals surface area contributed by atoms with Crippen molar-refractivity contribution in [3.05, 3.63) is 58.4 Å². The summed E-state index contributed by atoms with van der Waals surface area (Å²) in [5.41, 5.74) is 3.68. The zero-order valence-corrected chi connectivity index (χ0v) is 16.7. The first kappa shape index (κ1) is 18.3. The number of likely N-dealkylation sites (tertiary alicyclic amines) is 1. The number of carbonyl (C=O) groups excluding carboxylic acids is 1. The molecule has 3 heterocycles. The highest BCUT2D eigenvalue weighted by Gasteiger charge is 2.22. The second-order valence-corrected chi connectivity index (χ2v) is 8.20. The van der Waals surface area contributed by atoms with Crippen LogP contribution in [0.4, 0.5) is 0 Å². The zero-order chi connectivity index (χ0) is 18.6. The number of nitrogens with zero attached hydrogens (tertiary/aromatic N) is 2. The van der Waals surface area contributed by atoms with Gasteiger partial charge in [-0.3, -0.25) is 4.79 Å². The third-order valence-corrected chi connectivity index (χ3v) is 6.29. The Balaban J connectivity index is 1.50. The third-order valence-electron chi connectivity index (χ3n) is 5.59. The Labute approximate surface area is 164 Å². The average Bonchev–Trinajstić information content (AvgIpc) is 3.42. The second-order valence-electron chi connectivity index (χ2n) is 7.42. The van der Waals surface area contributed by atoms with E-state index in [4.69, 9.17) is 0 Å². The summed E-state index contributed by atoms with van der Waals surface area (Å²) in [6, 6.07) is 10.6. The highest BCUT2D eigenvalue weighted by Crippen LogP contribution is 2.35. The molecule has 1 aliphatic rings. The van der Waals surface area contributed by atoms with Gasteiger partial charge < -0.3 is 14.8 Å². The van der Waals surface area contributed by atoms with Gasteiger partial charge in [-0.05, 0) is 60.0 Å². The van der Waals surface area contributed by atoms with Crippen LogP contribution in [0.2, 0.25) is 0 Å². The number of amides is 1. The summed E-state index contributed by atoms with van der Waals surface area (Å²) in [7, 11) is 2.08. The minimum atomic E-state index is 0.0918. The predicted octanol–water partition coefficient (Wildman–Crippen LogP) is 3.97. The van der Waals surface area contributed by atoms with Gasteiger partial charge in [-0.2, -0.15) is 11.3 Å². The first-order chi connectivity index (χ1) is 13.2. The number of hydrogen-bond acceptors (Lipinski definition) is 3. The molecule has 1 N–H and O–H groups in total. The van der Waals surface area contributed by atoms with Crippen LogP contribution in [0, 0.1) is 0 Å². The van der Waals surface area contributed by atoms with E-state index in [2.05, 4.69) is 69.1 Å². The van der Waals surface area contributed by atoms with Crippen molar-refractivity contribution >= 4 is 28.1 Å². The number of carbonyl (C=O) groups is 1. The fraction of sp³-hybridized carbons (Fsp3) is 0.409. The van der Waals surface area contributed by atoms with E-state index >= 15 is 0 Å². The van der Waals surface area contributed by atoms with E-state index in [1.165, 1.54) is 48.0 Å². The molecule has 3 aromatic rings. The molecule has 0 radical (unpaired) electrons. The zero-order valence-electron chi connectivity index (χ0n) is 15.9. The number of hydrogen-bond donors (Lipinski definition) is 1. The number of aryl methyl sites for hydroxylation is 1. The summed E-state index contributed by atoms with van der Waals surface area (Å²) < 4.78 is 2.16. The Morgan fingerprint density at radius 1 is 1.22 bits per heavy atom. The molecule has 0 saturated carbocycles. The second kappa shape index (κ2) is 8.28. The van der Waals surface area contributed by atoms with Crippen molar-refractivity contribution in [1.29, 1.82) is 0 Å². The minimum Gasteiger partial charge on any atom is -0.355 e. The van der Waals surface area contributed by atoms with Gasteiger partial charge in [0.05, 0.1) is 0 Å². The monoisotopic (exact) mass is 381 g/mol. The van der Waals surface area contributed by atoms with Gasteiger partial charge in [-0.25, -0.2) is 0 Å². The molecule has 1 fully saturated rings. The van der Waals surface area contributed by atoms with Crippen molar-refractivity contribution in [3.8, 4) is 0 Å². The maximum Gasteiger partial charge on any atom is 0.220 e. The Bertz CT molecular complexity index is 894. The van der Waals surface area contributed by atoms with Crippen molar-refractivity contribution in [2.75, 3.05) is 26.2 Å². The maximum atomic E-state index is 12.7. The Hall–Kier alpha value is -2.11. The number of rotatable bonds is 7. The van der Waals surface area contributed by atoms with Crippen LogP contribution in [-0.2, 0) is 11.8 Å². The smallest absolute Gasteiger partial charge is 0.220 e. The number of nitrogens with one attached hydrogen (secondary N) is 1. The number of thiophene rings is 1. The summed E-state index contributed by atoms with van der Waals surface area (Å²) in [6.07, 6.45) is 5.25. The minimum absolute atomic E-state index is 0.0918. The lowest BCUT2D eigenvalue weighted by Crippen LogP contribution is -2.34. The van der Waals surface area contributed by atoms with E-state index in [0.29, 0.717) is 6.42 Å². The van der Waals surface area contributed by atoms with Crippen LogP contribution in [-0.4, -0.2) is 41.6 Å². The van der Waals surface area contributed by atoms with Crippen molar-refractivity contribution in [2.45, 2.75) is 25.2 Å². The Morgan fingerprint density at radius 3 is 2.81 bits per heavy atom. The van der Waals surface area contributed by atoms with E-state index in [1.807, 2.05) is 0 Å². The average molecular weight is 382 g/mol. The van der Waals surface area contributed by atoms with Gasteiger partial charge >= 0.3 is 0 Å². The summed E-state index contributed by atoms with van der Waals surface area (Å²) in [5, 5.41) is 8.65. The third kappa shape index (κ3) is 4.09. The molecule has 2 aromatic heterocycles. The van der Waals surface area contributed by atoms with Crippen molar-refractivity contribution in [2.24, 2.45) is 7.05 Å². The molecule has 0 spiro atoms. The van der Waals surface area contributed by atoms with Crippen LogP contribution in [0.25, 0.3) is 10.9 Å². The predicted molar refractivity (Wildman–Crippen MR) is 112 cm³/mol. The Kier molecular flexibility index (Phi) is 5.60. The van der Waals surface area contributed by atoms with Crippen LogP contribution in [0.1, 0.15) is 36.3 Å². The van der Waals surface area contributed by atoms with E-state index in [1.54, 1.807) is 11.3 Å². The molecule has 1 atom stereocenters. The van der Waals surface area contributed by atoms with E-state index < -0.39 is 0 Å². The number of benzene rings is 1. The lowest BCUT2D eigenvalue weighted by Gasteiger charge is -2.18. The maximum absolute atomic E-state index is 12.7. The molecule has 0 bridgehead atoms. The highest BCUT2D eigenvalue weighted by molar-refractivity contribution is 7.08. The molecule has 1 saturated heterocycles. The van der Waals surface area contributed by atoms with Crippen LogP contribution in [0.3, 0.4) is 0 Å². The van der Waals surface area contributed by atoms with Gasteiger partial charge in [-0.1, -0.05) is 18.2 Å². The summed E-state index contributed by atoms with van der Waals surface area (Å²) in [4.78, 5) is 15.1. The summed E-state index contributed by atoms with van der Waals surface area (Å²) in [5.74, 6) is 0.229. The SMILES string of the molecule is Cn1cc(C(CC(=O)NCCN2CCCC2)c2ccsc2)c2ccccc21. The van der Waals surface area contributed by atoms with Crippen molar-refractivity contribution in [1.82, 2.24) is 14.8 Å². The molecular formula is C22H27N3OS. The molecule has 27 heavy (non-hydrogen) atoms. The number of fused-ring (bicyclic) bond motifs is 1. The van der Waals surface area contributed by atoms with Gasteiger partial charge in [0.15, 0.2) is 0 Å². The molecule has 1 amide bonds. The van der Waals surface area contributed by atoms with E-state index in [9.17, 15) is 4.79 Å². The van der Waals surface area contributed by atoms with Gasteiger partial charge in [0.25, 0.3) is 0 Å². The fourth-order valence-corrected chi connectivity index (χ4v) is 4.86. The topological polar surface area (TPSA) is 37.3 Å². The molecular weight excluding hydrogens is 354 g/mol. The first-order valence-electron chi connectivity index (χ1n) is 9.77. The molecule has 4 rings (SSSR count). The Morgan fingerprint density at radius 2 is 2.04 bits per heavy atom. The molecule has 1 aliphatic heterocycles. The van der Waals surface area contributed by atoms with Crippen LogP contribution in [0.5, 0.6) is 0 Å². The number of aromatic nitrogens is 1. The molecule has 1 aromatic carbocycles. The number of para-hydroxylation sites is 1. The van der Waals surface area contributed by atoms with Gasteiger partial charge in [0.2, 0.25) is 5.91 Å². The molecule has 1 unspecified atom stereocenters. The van der Waals surface area contributed by atoms with E-state index in [0.717, 1.165) is 13.1 Å². The highest BCUT2D eigenvalue weighted by atomic mass is 32.1. The van der Waals surface area contributed by atoms with Gasteiger partial charge in [0.1, 0.15) is 0 Å². The standard InChI is InChI=1S/C22H27N3OS/c1-24-15-20(18-6-2-3-7-21(18)24)19(17-8-13-27-16-17)14-22(26)23-9-12-25-10-4-5-11-25/h2-3,6-8,13,15-16,19H,4-5,9-12,14H2,1H3,(H,23,26). The fourth-order valence-electron chi connectivity index (χ4n) is 4.15.